The van der Waals surface area contributed by atoms with Gasteiger partial charge >= 0.3 is 7.12 Å². The molecule has 0 unspecified atom stereocenters. The zero-order valence-corrected chi connectivity index (χ0v) is 17.0. The highest BCUT2D eigenvalue weighted by atomic mass is 19.1. The first-order valence-corrected chi connectivity index (χ1v) is 9.45. The highest BCUT2D eigenvalue weighted by molar-refractivity contribution is 6.53. The van der Waals surface area contributed by atoms with Crippen molar-refractivity contribution in [3.8, 4) is 0 Å². The first kappa shape index (κ1) is 20.9. The summed E-state index contributed by atoms with van der Waals surface area (Å²) in [4.78, 5) is 2.28. The molecule has 6 heteroatoms. The van der Waals surface area contributed by atoms with Gasteiger partial charge in [0, 0.05) is 13.2 Å². The number of rotatable bonds is 4. The lowest BCUT2D eigenvalue weighted by Crippen LogP contribution is -2.41. The van der Waals surface area contributed by atoms with Gasteiger partial charge in [0.25, 0.3) is 0 Å². The van der Waals surface area contributed by atoms with Gasteiger partial charge in [-0.1, -0.05) is 20.8 Å². The Balaban J connectivity index is 2.18. The summed E-state index contributed by atoms with van der Waals surface area (Å²) in [7, 11) is -0.936. The van der Waals surface area contributed by atoms with E-state index in [2.05, 4.69) is 4.90 Å². The van der Waals surface area contributed by atoms with E-state index in [-0.39, 0.29) is 17.7 Å². The van der Waals surface area contributed by atoms with Crippen LogP contribution in [0, 0.1) is 11.3 Å². The predicted octanol–water partition coefficient (Wildman–Crippen LogP) is 3.59. The van der Waals surface area contributed by atoms with E-state index in [1.165, 1.54) is 0 Å². The second-order valence-corrected chi connectivity index (χ2v) is 9.57. The van der Waals surface area contributed by atoms with Gasteiger partial charge in [0.15, 0.2) is 0 Å². The highest BCUT2D eigenvalue weighted by Gasteiger charge is 2.54. The van der Waals surface area contributed by atoms with Gasteiger partial charge in [-0.15, -0.1) is 0 Å². The summed E-state index contributed by atoms with van der Waals surface area (Å²) in [6.07, 6.45) is 1.93. The molecule has 2 fully saturated rings. The predicted molar refractivity (Wildman–Crippen MR) is 99.9 cm³/mol. The van der Waals surface area contributed by atoms with Gasteiger partial charge in [0.1, 0.15) is 5.73 Å². The highest BCUT2D eigenvalue weighted by Crippen LogP contribution is 2.41. The van der Waals surface area contributed by atoms with Crippen molar-refractivity contribution in [1.29, 1.82) is 0 Å². The summed E-state index contributed by atoms with van der Waals surface area (Å²) < 4.78 is 27.3. The van der Waals surface area contributed by atoms with Crippen LogP contribution in [0.25, 0.3) is 0 Å². The Bertz CT molecular complexity index is 489. The lowest BCUT2D eigenvalue weighted by Gasteiger charge is -2.35. The Morgan fingerprint density at radius 3 is 2.00 bits per heavy atom. The number of aliphatic hydroxyl groups excluding tert-OH is 1. The Labute approximate surface area is 152 Å². The van der Waals surface area contributed by atoms with Crippen molar-refractivity contribution in [2.75, 3.05) is 26.2 Å². The third kappa shape index (κ3) is 4.65. The molecule has 2 aliphatic rings. The molecule has 2 saturated heterocycles. The van der Waals surface area contributed by atoms with Crippen LogP contribution in [0.1, 0.15) is 61.3 Å². The largest absolute Gasteiger partial charge is 0.525 e. The number of aliphatic hydroxyl groups is 1. The van der Waals surface area contributed by atoms with Crippen LogP contribution in [0.5, 0.6) is 0 Å². The average Bonchev–Trinajstić information content (AvgIpc) is 2.72. The van der Waals surface area contributed by atoms with Crippen molar-refractivity contribution < 1.29 is 18.8 Å². The van der Waals surface area contributed by atoms with Crippen molar-refractivity contribution in [1.82, 2.24) is 4.90 Å². The van der Waals surface area contributed by atoms with Crippen LogP contribution in [0.15, 0.2) is 11.3 Å². The van der Waals surface area contributed by atoms with Crippen LogP contribution in [-0.4, -0.2) is 54.6 Å². The minimum atomic E-state index is -0.936. The standard InChI is InChI=1S/C19H35BFNO3/c1-17(2,3)15(12-22-10-8-14(13-23)9-11-22)16(21)20-24-18(4,5)19(6,7)25-20/h14,23H,8-13H2,1-7H3. The molecular formula is C19H35BFNO3. The molecule has 0 radical (unpaired) electrons. The Morgan fingerprint density at radius 1 is 1.12 bits per heavy atom. The van der Waals surface area contributed by atoms with Crippen LogP contribution in [0.2, 0.25) is 0 Å². The van der Waals surface area contributed by atoms with Crippen molar-refractivity contribution >= 4 is 7.12 Å². The van der Waals surface area contributed by atoms with Crippen molar-refractivity contribution in [2.24, 2.45) is 11.3 Å². The normalized spacial score (nSPS) is 26.0. The SMILES string of the molecule is CC(C)(C)C(CN1CCC(CO)CC1)=C(F)B1OC(C)(C)C(C)(C)O1. The summed E-state index contributed by atoms with van der Waals surface area (Å²) in [5.74, 6) is 0.381. The van der Waals surface area contributed by atoms with E-state index in [9.17, 15) is 5.11 Å². The molecule has 1 N–H and O–H groups in total. The lowest BCUT2D eigenvalue weighted by molar-refractivity contribution is 0.00578. The minimum Gasteiger partial charge on any atom is -0.398 e. The fourth-order valence-corrected chi connectivity index (χ4v) is 3.31. The number of hydrogen-bond acceptors (Lipinski definition) is 4. The molecule has 2 heterocycles. The molecule has 0 aliphatic carbocycles. The number of piperidine rings is 1. The fraction of sp³-hybridized carbons (Fsp3) is 0.895. The molecule has 4 nitrogen and oxygen atoms in total. The molecule has 0 bridgehead atoms. The van der Waals surface area contributed by atoms with E-state index in [1.807, 2.05) is 48.5 Å². The number of likely N-dealkylation sites (tertiary alicyclic amines) is 1. The van der Waals surface area contributed by atoms with Gasteiger partial charge in [-0.2, -0.15) is 0 Å². The smallest absolute Gasteiger partial charge is 0.398 e. The van der Waals surface area contributed by atoms with Crippen molar-refractivity contribution in [3.05, 3.63) is 11.3 Å². The van der Waals surface area contributed by atoms with Gasteiger partial charge in [0.05, 0.1) is 11.2 Å². The zero-order valence-electron chi connectivity index (χ0n) is 17.0. The van der Waals surface area contributed by atoms with E-state index < -0.39 is 18.3 Å². The number of hydrogen-bond donors (Lipinski definition) is 1. The van der Waals surface area contributed by atoms with Gasteiger partial charge in [0.2, 0.25) is 0 Å². The maximum absolute atomic E-state index is 15.4. The van der Waals surface area contributed by atoms with Crippen LogP contribution >= 0.6 is 0 Å². The van der Waals surface area contributed by atoms with Crippen LogP contribution < -0.4 is 0 Å². The fourth-order valence-electron chi connectivity index (χ4n) is 3.31. The molecule has 0 aromatic carbocycles. The first-order chi connectivity index (χ1) is 11.4. The van der Waals surface area contributed by atoms with E-state index in [4.69, 9.17) is 9.31 Å². The van der Waals surface area contributed by atoms with E-state index in [0.717, 1.165) is 31.5 Å². The maximum Gasteiger partial charge on any atom is 0.525 e. The molecular weight excluding hydrogens is 320 g/mol. The zero-order chi connectivity index (χ0) is 19.0. The van der Waals surface area contributed by atoms with Gasteiger partial charge in [-0.05, 0) is 70.5 Å². The molecule has 2 aliphatic heterocycles. The lowest BCUT2D eigenvalue weighted by atomic mass is 9.75. The number of halogens is 1. The monoisotopic (exact) mass is 355 g/mol. The molecule has 0 amide bonds. The van der Waals surface area contributed by atoms with Crippen molar-refractivity contribution in [2.45, 2.75) is 72.5 Å². The quantitative estimate of drug-likeness (QED) is 0.783. The van der Waals surface area contributed by atoms with Gasteiger partial charge in [-0.3, -0.25) is 4.90 Å². The maximum atomic E-state index is 15.4. The van der Waals surface area contributed by atoms with Crippen molar-refractivity contribution in [3.63, 3.8) is 0 Å². The van der Waals surface area contributed by atoms with Crippen LogP contribution in [-0.2, 0) is 9.31 Å². The molecule has 0 saturated carbocycles. The molecule has 0 aromatic rings. The molecule has 2 rings (SSSR count). The van der Waals surface area contributed by atoms with E-state index in [1.54, 1.807) is 0 Å². The second kappa shape index (κ2) is 7.30. The van der Waals surface area contributed by atoms with E-state index in [0.29, 0.717) is 12.5 Å². The number of nitrogens with zero attached hydrogens (tertiary/aromatic N) is 1. The third-order valence-electron chi connectivity index (χ3n) is 6.00. The second-order valence-electron chi connectivity index (χ2n) is 9.57. The third-order valence-corrected chi connectivity index (χ3v) is 6.00. The van der Waals surface area contributed by atoms with Gasteiger partial charge in [-0.25, -0.2) is 4.39 Å². The van der Waals surface area contributed by atoms with Gasteiger partial charge < -0.3 is 14.4 Å². The average molecular weight is 355 g/mol. The van der Waals surface area contributed by atoms with Crippen LogP contribution in [0.3, 0.4) is 0 Å². The topological polar surface area (TPSA) is 41.9 Å². The summed E-state index contributed by atoms with van der Waals surface area (Å²) in [6.45, 7) is 16.5. The minimum absolute atomic E-state index is 0.248. The first-order valence-electron chi connectivity index (χ1n) is 9.45. The molecule has 144 valence electrons. The van der Waals surface area contributed by atoms with Crippen LogP contribution in [0.4, 0.5) is 4.39 Å². The molecule has 0 spiro atoms. The Kier molecular flexibility index (Phi) is 6.10. The summed E-state index contributed by atoms with van der Waals surface area (Å²) in [5.41, 5.74) is -0.930. The summed E-state index contributed by atoms with van der Waals surface area (Å²) in [6, 6.07) is 0. The Hall–Kier alpha value is -0.425. The summed E-state index contributed by atoms with van der Waals surface area (Å²) in [5, 5.41) is 9.30. The van der Waals surface area contributed by atoms with E-state index >= 15 is 4.39 Å². The summed E-state index contributed by atoms with van der Waals surface area (Å²) >= 11 is 0. The Morgan fingerprint density at radius 2 is 1.60 bits per heavy atom. The molecule has 25 heavy (non-hydrogen) atoms. The molecule has 0 atom stereocenters. The molecule has 0 aromatic heterocycles.